The van der Waals surface area contributed by atoms with Gasteiger partial charge < -0.3 is 9.84 Å². The normalized spacial score (nSPS) is 13.5. The van der Waals surface area contributed by atoms with Crippen molar-refractivity contribution in [2.24, 2.45) is 0 Å². The van der Waals surface area contributed by atoms with Gasteiger partial charge in [0.2, 0.25) is 10.0 Å². The summed E-state index contributed by atoms with van der Waals surface area (Å²) in [7, 11) is -3.00. The Morgan fingerprint density at radius 3 is 2.40 bits per heavy atom. The molecule has 0 radical (unpaired) electrons. The molecule has 0 saturated heterocycles. The highest BCUT2D eigenvalue weighted by molar-refractivity contribution is 9.11. The lowest BCUT2D eigenvalue weighted by Crippen LogP contribution is -2.41. The number of carbonyl (C=O) groups is 1. The van der Waals surface area contributed by atoms with E-state index in [9.17, 15) is 26.4 Å². The molecular formula is C13H14Br2F3NO5S. The molecular weight excluding hydrogens is 499 g/mol. The highest BCUT2D eigenvalue weighted by Gasteiger charge is 2.31. The number of methoxy groups -OCH3 is 1. The van der Waals surface area contributed by atoms with Gasteiger partial charge in [-0.2, -0.15) is 17.9 Å². The topological polar surface area (TPSA) is 92.7 Å². The lowest BCUT2D eigenvalue weighted by molar-refractivity contribution is -0.142. The van der Waals surface area contributed by atoms with E-state index in [1.54, 1.807) is 0 Å². The fourth-order valence-corrected chi connectivity index (χ4v) is 4.96. The van der Waals surface area contributed by atoms with E-state index in [-0.39, 0.29) is 15.1 Å². The number of rotatable bonds is 8. The van der Waals surface area contributed by atoms with E-state index < -0.39 is 47.5 Å². The quantitative estimate of drug-likeness (QED) is 0.554. The average molecular weight is 513 g/mol. The molecule has 0 saturated carbocycles. The largest absolute Gasteiger partial charge is 0.496 e. The Morgan fingerprint density at radius 2 is 1.92 bits per heavy atom. The Balaban J connectivity index is 3.02. The minimum absolute atomic E-state index is 0.132. The molecule has 25 heavy (non-hydrogen) atoms. The Morgan fingerprint density at radius 1 is 1.32 bits per heavy atom. The van der Waals surface area contributed by atoms with Gasteiger partial charge in [-0.05, 0) is 50.8 Å². The number of carboxylic acid groups (broad SMARTS) is 1. The molecule has 0 aromatic heterocycles. The summed E-state index contributed by atoms with van der Waals surface area (Å²) >= 11 is 6.22. The van der Waals surface area contributed by atoms with Crippen LogP contribution in [0.25, 0.3) is 0 Å². The fourth-order valence-electron chi connectivity index (χ4n) is 1.86. The Kier molecular flexibility index (Phi) is 7.71. The van der Waals surface area contributed by atoms with Crippen LogP contribution >= 0.6 is 31.9 Å². The third-order valence-corrected chi connectivity index (χ3v) is 6.09. The Labute approximate surface area is 159 Å². The summed E-state index contributed by atoms with van der Waals surface area (Å²) < 4.78 is 68.8. The summed E-state index contributed by atoms with van der Waals surface area (Å²) in [5.74, 6) is -1.38. The van der Waals surface area contributed by atoms with Crippen LogP contribution in [0.2, 0.25) is 0 Å². The molecule has 1 aromatic rings. The molecule has 0 bridgehead atoms. The number of alkyl halides is 3. The molecule has 0 spiro atoms. The Hall–Kier alpha value is -0.850. The molecule has 6 nitrogen and oxygen atoms in total. The maximum absolute atomic E-state index is 12.4. The second kappa shape index (κ2) is 8.69. The third kappa shape index (κ3) is 6.76. The Bertz CT molecular complexity index is 740. The van der Waals surface area contributed by atoms with Crippen molar-refractivity contribution in [3.8, 4) is 5.75 Å². The molecule has 0 fully saturated rings. The van der Waals surface area contributed by atoms with E-state index in [4.69, 9.17) is 9.84 Å². The van der Waals surface area contributed by atoms with Gasteiger partial charge >= 0.3 is 12.1 Å². The van der Waals surface area contributed by atoms with Crippen molar-refractivity contribution in [2.75, 3.05) is 7.11 Å². The number of halogens is 5. The zero-order valence-corrected chi connectivity index (χ0v) is 16.7. The van der Waals surface area contributed by atoms with Crippen LogP contribution in [0.15, 0.2) is 26.0 Å². The number of hydrogen-bond acceptors (Lipinski definition) is 4. The molecule has 0 aliphatic heterocycles. The maximum Gasteiger partial charge on any atom is 0.389 e. The second-order valence-electron chi connectivity index (χ2n) is 4.94. The van der Waals surface area contributed by atoms with Crippen LogP contribution in [0.5, 0.6) is 5.75 Å². The molecule has 142 valence electrons. The number of nitrogens with one attached hydrogen (secondary N) is 1. The van der Waals surface area contributed by atoms with Crippen LogP contribution in [-0.2, 0) is 14.8 Å². The average Bonchev–Trinajstić information content (AvgIpc) is 2.44. The minimum atomic E-state index is -4.44. The van der Waals surface area contributed by atoms with Crippen LogP contribution in [0.4, 0.5) is 13.2 Å². The van der Waals surface area contributed by atoms with Crippen molar-refractivity contribution in [1.82, 2.24) is 4.72 Å². The summed E-state index contributed by atoms with van der Waals surface area (Å²) in [5.41, 5.74) is 0. The molecule has 12 heteroatoms. The first kappa shape index (κ1) is 22.2. The van der Waals surface area contributed by atoms with Crippen molar-refractivity contribution in [1.29, 1.82) is 0 Å². The SMILES string of the molecule is COc1cc(S(=O)(=O)N[C@H](CCCC(F)(F)F)C(=O)O)c(Br)cc1Br. The first-order chi connectivity index (χ1) is 11.4. The predicted octanol–water partition coefficient (Wildman–Crippen LogP) is 3.68. The zero-order valence-electron chi connectivity index (χ0n) is 12.7. The predicted molar refractivity (Wildman–Crippen MR) is 90.0 cm³/mol. The van der Waals surface area contributed by atoms with E-state index in [0.29, 0.717) is 4.47 Å². The van der Waals surface area contributed by atoms with E-state index in [1.165, 1.54) is 13.2 Å². The molecule has 0 aliphatic rings. The lowest BCUT2D eigenvalue weighted by Gasteiger charge is -2.17. The number of sulfonamides is 1. The van der Waals surface area contributed by atoms with Crippen molar-refractivity contribution in [2.45, 2.75) is 36.4 Å². The molecule has 0 unspecified atom stereocenters. The van der Waals surface area contributed by atoms with Crippen LogP contribution in [0.3, 0.4) is 0 Å². The van der Waals surface area contributed by atoms with E-state index in [1.807, 2.05) is 4.72 Å². The van der Waals surface area contributed by atoms with Gasteiger partial charge in [0.25, 0.3) is 0 Å². The second-order valence-corrected chi connectivity index (χ2v) is 8.33. The number of carboxylic acids is 1. The third-order valence-electron chi connectivity index (χ3n) is 3.04. The lowest BCUT2D eigenvalue weighted by atomic mass is 10.1. The van der Waals surface area contributed by atoms with E-state index >= 15 is 0 Å². The van der Waals surface area contributed by atoms with Crippen molar-refractivity contribution >= 4 is 47.9 Å². The first-order valence-electron chi connectivity index (χ1n) is 6.72. The van der Waals surface area contributed by atoms with Gasteiger partial charge in [-0.1, -0.05) is 0 Å². The summed E-state index contributed by atoms with van der Waals surface area (Å²) in [4.78, 5) is 10.9. The van der Waals surface area contributed by atoms with Crippen LogP contribution in [0, 0.1) is 0 Å². The number of aliphatic carboxylic acids is 1. The van der Waals surface area contributed by atoms with Crippen LogP contribution in [-0.4, -0.2) is 38.8 Å². The molecule has 1 rings (SSSR count). The van der Waals surface area contributed by atoms with E-state index in [2.05, 4.69) is 31.9 Å². The molecule has 0 amide bonds. The van der Waals surface area contributed by atoms with Crippen LogP contribution in [0.1, 0.15) is 19.3 Å². The first-order valence-corrected chi connectivity index (χ1v) is 9.79. The summed E-state index contributed by atoms with van der Waals surface area (Å²) in [5, 5.41) is 9.07. The molecule has 2 N–H and O–H groups in total. The highest BCUT2D eigenvalue weighted by atomic mass is 79.9. The summed E-state index contributed by atoms with van der Waals surface area (Å²) in [6.07, 6.45) is -6.66. The fraction of sp³-hybridized carbons (Fsp3) is 0.462. The number of hydrogen-bond donors (Lipinski definition) is 2. The minimum Gasteiger partial charge on any atom is -0.496 e. The van der Waals surface area contributed by atoms with Gasteiger partial charge in [0.05, 0.1) is 16.5 Å². The van der Waals surface area contributed by atoms with Gasteiger partial charge in [0.15, 0.2) is 0 Å². The van der Waals surface area contributed by atoms with Crippen molar-refractivity contribution in [3.05, 3.63) is 21.1 Å². The monoisotopic (exact) mass is 511 g/mol. The molecule has 1 atom stereocenters. The van der Waals surface area contributed by atoms with Gasteiger partial charge in [-0.25, -0.2) is 8.42 Å². The highest BCUT2D eigenvalue weighted by Crippen LogP contribution is 2.34. The van der Waals surface area contributed by atoms with Gasteiger partial charge in [-0.3, -0.25) is 4.79 Å². The molecule has 0 heterocycles. The number of benzene rings is 1. The zero-order chi connectivity index (χ0) is 19.4. The molecule has 0 aliphatic carbocycles. The van der Waals surface area contributed by atoms with Crippen LogP contribution < -0.4 is 9.46 Å². The summed E-state index contributed by atoms with van der Waals surface area (Å²) in [6.45, 7) is 0. The van der Waals surface area contributed by atoms with Crippen molar-refractivity contribution < 1.29 is 36.2 Å². The molecule has 1 aromatic carbocycles. The van der Waals surface area contributed by atoms with Gasteiger partial charge in [0, 0.05) is 17.0 Å². The summed E-state index contributed by atoms with van der Waals surface area (Å²) in [6, 6.07) is 0.867. The standard InChI is InChI=1S/C13H14Br2F3NO5S/c1-24-10-6-11(8(15)5-7(10)14)25(22,23)19-9(12(20)21)3-2-4-13(16,17)18/h5-6,9,19H,2-4H2,1H3,(H,20,21)/t9-/m1/s1. The van der Waals surface area contributed by atoms with E-state index in [0.717, 1.165) is 6.07 Å². The van der Waals surface area contributed by atoms with Gasteiger partial charge in [0.1, 0.15) is 11.8 Å². The van der Waals surface area contributed by atoms with Gasteiger partial charge in [-0.15, -0.1) is 0 Å². The maximum atomic E-state index is 12.4. The smallest absolute Gasteiger partial charge is 0.389 e. The van der Waals surface area contributed by atoms with Crippen molar-refractivity contribution in [3.63, 3.8) is 0 Å². The number of ether oxygens (including phenoxy) is 1.